The molecule has 1 fully saturated rings. The van der Waals surface area contributed by atoms with Crippen LogP contribution in [-0.2, 0) is 9.53 Å². The average Bonchev–Trinajstić information content (AvgIpc) is 2.36. The third kappa shape index (κ3) is 4.48. The molecule has 19 heavy (non-hydrogen) atoms. The lowest BCUT2D eigenvalue weighted by atomic mass is 9.75. The molecule has 1 saturated carbocycles. The first-order valence-corrected chi connectivity index (χ1v) is 7.82. The summed E-state index contributed by atoms with van der Waals surface area (Å²) in [5.74, 6) is 1.67. The van der Waals surface area contributed by atoms with E-state index in [0.29, 0.717) is 17.8 Å². The number of carbonyl (C=O) groups is 1. The normalized spacial score (nSPS) is 31.0. The molecule has 0 aliphatic heterocycles. The zero-order valence-corrected chi connectivity index (χ0v) is 13.2. The monoisotopic (exact) mass is 269 g/mol. The molecule has 0 amide bonds. The first-order valence-electron chi connectivity index (χ1n) is 7.82. The van der Waals surface area contributed by atoms with Crippen molar-refractivity contribution in [1.29, 1.82) is 0 Å². The summed E-state index contributed by atoms with van der Waals surface area (Å²) in [6.45, 7) is 10.7. The predicted molar refractivity (Wildman–Crippen MR) is 78.7 cm³/mol. The molecule has 3 unspecified atom stereocenters. The minimum Gasteiger partial charge on any atom is -0.461 e. The molecular weight excluding hydrogens is 238 g/mol. The van der Waals surface area contributed by atoms with E-state index in [4.69, 9.17) is 10.5 Å². The molecule has 0 saturated heterocycles. The van der Waals surface area contributed by atoms with Gasteiger partial charge in [0.15, 0.2) is 0 Å². The summed E-state index contributed by atoms with van der Waals surface area (Å²) in [4.78, 5) is 12.1. The lowest BCUT2D eigenvalue weighted by molar-refractivity contribution is -0.158. The third-order valence-corrected chi connectivity index (χ3v) is 4.76. The van der Waals surface area contributed by atoms with Gasteiger partial charge in [0, 0.05) is 0 Å². The summed E-state index contributed by atoms with van der Waals surface area (Å²) in [7, 11) is 0. The second-order valence-corrected chi connectivity index (χ2v) is 6.71. The van der Waals surface area contributed by atoms with Crippen molar-refractivity contribution >= 4 is 5.97 Å². The van der Waals surface area contributed by atoms with Gasteiger partial charge in [-0.15, -0.1) is 0 Å². The molecule has 1 rings (SSSR count). The molecule has 112 valence electrons. The number of hydrogen-bond acceptors (Lipinski definition) is 3. The Hall–Kier alpha value is -0.570. The van der Waals surface area contributed by atoms with E-state index in [9.17, 15) is 4.79 Å². The first-order chi connectivity index (χ1) is 8.86. The largest absolute Gasteiger partial charge is 0.461 e. The van der Waals surface area contributed by atoms with Crippen molar-refractivity contribution in [1.82, 2.24) is 0 Å². The van der Waals surface area contributed by atoms with Crippen LogP contribution in [0.2, 0.25) is 0 Å². The van der Waals surface area contributed by atoms with Gasteiger partial charge in [0.25, 0.3) is 0 Å². The van der Waals surface area contributed by atoms with Crippen LogP contribution in [0.4, 0.5) is 0 Å². The van der Waals surface area contributed by atoms with Gasteiger partial charge in [-0.05, 0) is 36.5 Å². The summed E-state index contributed by atoms with van der Waals surface area (Å²) in [5.41, 5.74) is 5.97. The Kier molecular flexibility index (Phi) is 6.31. The van der Waals surface area contributed by atoms with Crippen molar-refractivity contribution in [3.8, 4) is 0 Å². The van der Waals surface area contributed by atoms with E-state index in [1.165, 1.54) is 6.42 Å². The van der Waals surface area contributed by atoms with Gasteiger partial charge in [0.2, 0.25) is 0 Å². The zero-order valence-electron chi connectivity index (χ0n) is 13.2. The smallest absolute Gasteiger partial charge is 0.323 e. The highest BCUT2D eigenvalue weighted by Gasteiger charge is 2.34. The van der Waals surface area contributed by atoms with Crippen molar-refractivity contribution in [2.45, 2.75) is 72.4 Å². The van der Waals surface area contributed by atoms with Crippen LogP contribution in [0, 0.1) is 23.7 Å². The number of ether oxygens (including phenoxy) is 1. The van der Waals surface area contributed by atoms with Gasteiger partial charge in [-0.3, -0.25) is 4.79 Å². The van der Waals surface area contributed by atoms with Gasteiger partial charge in [-0.25, -0.2) is 0 Å². The quantitative estimate of drug-likeness (QED) is 0.779. The van der Waals surface area contributed by atoms with Gasteiger partial charge in [-0.2, -0.15) is 0 Å². The van der Waals surface area contributed by atoms with Crippen LogP contribution < -0.4 is 5.73 Å². The molecule has 0 radical (unpaired) electrons. The van der Waals surface area contributed by atoms with Crippen molar-refractivity contribution < 1.29 is 9.53 Å². The average molecular weight is 269 g/mol. The Morgan fingerprint density at radius 2 is 1.95 bits per heavy atom. The Labute approximate surface area is 118 Å². The molecule has 0 aromatic rings. The fourth-order valence-electron chi connectivity index (χ4n) is 2.96. The summed E-state index contributed by atoms with van der Waals surface area (Å²) >= 11 is 0. The molecule has 1 aliphatic carbocycles. The van der Waals surface area contributed by atoms with Crippen molar-refractivity contribution in [2.24, 2.45) is 29.4 Å². The number of carbonyl (C=O) groups excluding carboxylic acids is 1. The molecule has 5 atom stereocenters. The molecule has 1 aliphatic rings. The molecule has 0 heterocycles. The minimum absolute atomic E-state index is 0.0614. The zero-order chi connectivity index (χ0) is 14.6. The van der Waals surface area contributed by atoms with Crippen molar-refractivity contribution in [3.05, 3.63) is 0 Å². The Morgan fingerprint density at radius 1 is 1.32 bits per heavy atom. The summed E-state index contributed by atoms with van der Waals surface area (Å²) in [6, 6.07) is -0.477. The van der Waals surface area contributed by atoms with E-state index in [2.05, 4.69) is 27.7 Å². The maximum Gasteiger partial charge on any atom is 0.323 e. The second-order valence-electron chi connectivity index (χ2n) is 6.71. The first kappa shape index (κ1) is 16.5. The molecule has 3 heteroatoms. The van der Waals surface area contributed by atoms with Crippen LogP contribution in [0.15, 0.2) is 0 Å². The third-order valence-electron chi connectivity index (χ3n) is 4.76. The van der Waals surface area contributed by atoms with E-state index < -0.39 is 6.04 Å². The maximum absolute atomic E-state index is 12.1. The van der Waals surface area contributed by atoms with Crippen LogP contribution in [0.25, 0.3) is 0 Å². The summed E-state index contributed by atoms with van der Waals surface area (Å²) in [6.07, 6.45) is 4.36. The van der Waals surface area contributed by atoms with Crippen LogP contribution in [0.5, 0.6) is 0 Å². The maximum atomic E-state index is 12.1. The minimum atomic E-state index is -0.477. The number of nitrogens with two attached hydrogens (primary N) is 1. The van der Waals surface area contributed by atoms with Crippen molar-refractivity contribution in [2.75, 3.05) is 0 Å². The highest BCUT2D eigenvalue weighted by atomic mass is 16.5. The van der Waals surface area contributed by atoms with Crippen LogP contribution >= 0.6 is 0 Å². The SMILES string of the molecule is CC[C@H](C)[C@H](N)C(=O)OC1CC(C)CCC1C(C)C. The molecule has 3 nitrogen and oxygen atoms in total. The lowest BCUT2D eigenvalue weighted by Gasteiger charge is -2.37. The summed E-state index contributed by atoms with van der Waals surface area (Å²) in [5, 5.41) is 0. The van der Waals surface area contributed by atoms with Crippen molar-refractivity contribution in [3.63, 3.8) is 0 Å². The number of rotatable bonds is 5. The molecular formula is C16H31NO2. The van der Waals surface area contributed by atoms with Gasteiger partial charge in [0.1, 0.15) is 12.1 Å². The highest BCUT2D eigenvalue weighted by molar-refractivity contribution is 5.76. The molecule has 0 aromatic carbocycles. The van der Waals surface area contributed by atoms with Crippen LogP contribution in [-0.4, -0.2) is 18.1 Å². The van der Waals surface area contributed by atoms with Gasteiger partial charge in [-0.1, -0.05) is 47.5 Å². The van der Waals surface area contributed by atoms with E-state index in [-0.39, 0.29) is 18.0 Å². The van der Waals surface area contributed by atoms with Gasteiger partial charge in [0.05, 0.1) is 0 Å². The van der Waals surface area contributed by atoms with Crippen LogP contribution in [0.1, 0.15) is 60.3 Å². The summed E-state index contributed by atoms with van der Waals surface area (Å²) < 4.78 is 5.76. The Balaban J connectivity index is 2.63. The highest BCUT2D eigenvalue weighted by Crippen LogP contribution is 2.35. The van der Waals surface area contributed by atoms with Crippen LogP contribution in [0.3, 0.4) is 0 Å². The topological polar surface area (TPSA) is 52.3 Å². The number of hydrogen-bond donors (Lipinski definition) is 1. The molecule has 2 N–H and O–H groups in total. The van der Waals surface area contributed by atoms with E-state index in [1.54, 1.807) is 0 Å². The number of esters is 1. The van der Waals surface area contributed by atoms with E-state index in [0.717, 1.165) is 19.3 Å². The van der Waals surface area contributed by atoms with E-state index in [1.807, 2.05) is 6.92 Å². The fraction of sp³-hybridized carbons (Fsp3) is 0.938. The second kappa shape index (κ2) is 7.28. The Bertz CT molecular complexity index is 290. The van der Waals surface area contributed by atoms with Gasteiger partial charge >= 0.3 is 5.97 Å². The lowest BCUT2D eigenvalue weighted by Crippen LogP contribution is -2.43. The molecule has 0 aromatic heterocycles. The van der Waals surface area contributed by atoms with E-state index >= 15 is 0 Å². The Morgan fingerprint density at radius 3 is 2.47 bits per heavy atom. The standard InChI is InChI=1S/C16H31NO2/c1-6-12(5)15(17)16(18)19-14-9-11(4)7-8-13(14)10(2)3/h10-15H,6-9,17H2,1-5H3/t11?,12-,13?,14?,15-/m0/s1. The molecule has 0 spiro atoms. The fourth-order valence-corrected chi connectivity index (χ4v) is 2.96. The molecule has 0 bridgehead atoms. The van der Waals surface area contributed by atoms with Gasteiger partial charge < -0.3 is 10.5 Å². The predicted octanol–water partition coefficient (Wildman–Crippen LogP) is 3.36.